The lowest BCUT2D eigenvalue weighted by Gasteiger charge is -2.33. The topological polar surface area (TPSA) is 95.1 Å². The number of aliphatic imine (C=N–C) groups is 1. The molecule has 2 saturated heterocycles. The van der Waals surface area contributed by atoms with Crippen molar-refractivity contribution in [3.63, 3.8) is 0 Å². The van der Waals surface area contributed by atoms with Gasteiger partial charge in [-0.2, -0.15) is 0 Å². The average Bonchev–Trinajstić information content (AvgIpc) is 2.71. The molecule has 2 fully saturated rings. The van der Waals surface area contributed by atoms with Crippen molar-refractivity contribution in [1.29, 1.82) is 0 Å². The van der Waals surface area contributed by atoms with Crippen LogP contribution in [-0.2, 0) is 14.8 Å². The van der Waals surface area contributed by atoms with E-state index >= 15 is 0 Å². The third-order valence-corrected chi connectivity index (χ3v) is 6.80. The molecule has 2 rings (SSSR count). The maximum atomic E-state index is 12.2. The van der Waals surface area contributed by atoms with Crippen LogP contribution in [0.4, 0.5) is 0 Å². The first-order valence-electron chi connectivity index (χ1n) is 10.8. The zero-order valence-electron chi connectivity index (χ0n) is 17.6. The molecule has 2 aliphatic rings. The van der Waals surface area contributed by atoms with Crippen LogP contribution in [-0.4, -0.2) is 83.6 Å². The van der Waals surface area contributed by atoms with Crippen LogP contribution < -0.4 is 15.4 Å². The van der Waals surface area contributed by atoms with E-state index in [0.29, 0.717) is 25.1 Å². The lowest BCUT2D eigenvalue weighted by Crippen LogP contribution is -2.49. The fourth-order valence-electron chi connectivity index (χ4n) is 3.63. The molecule has 0 aromatic heterocycles. The molecule has 0 aromatic carbocycles. The second kappa shape index (κ2) is 12.6. The van der Waals surface area contributed by atoms with Gasteiger partial charge in [0.25, 0.3) is 0 Å². The number of hydrogen-bond acceptors (Lipinski definition) is 5. The smallest absolute Gasteiger partial charge is 0.213 e. The normalized spacial score (nSPS) is 22.9. The number of sulfonamides is 1. The molecule has 0 aromatic rings. The van der Waals surface area contributed by atoms with Crippen molar-refractivity contribution in [3.8, 4) is 0 Å². The summed E-state index contributed by atoms with van der Waals surface area (Å²) in [6, 6.07) is 0.391. The lowest BCUT2D eigenvalue weighted by atomic mass is 10.0. The van der Waals surface area contributed by atoms with Gasteiger partial charge in [-0.25, -0.2) is 13.1 Å². The Hall–Kier alpha value is -0.900. The van der Waals surface area contributed by atoms with Crippen LogP contribution in [0.5, 0.6) is 0 Å². The van der Waals surface area contributed by atoms with Crippen molar-refractivity contribution in [2.45, 2.75) is 64.0 Å². The van der Waals surface area contributed by atoms with E-state index in [1.165, 1.54) is 19.4 Å². The number of piperidine rings is 1. The summed E-state index contributed by atoms with van der Waals surface area (Å²) in [5, 5.41) is 6.56. The van der Waals surface area contributed by atoms with Gasteiger partial charge >= 0.3 is 0 Å². The molecular weight excluding hydrogens is 378 g/mol. The Morgan fingerprint density at radius 3 is 2.64 bits per heavy atom. The quantitative estimate of drug-likeness (QED) is 0.361. The van der Waals surface area contributed by atoms with Crippen molar-refractivity contribution in [3.05, 3.63) is 0 Å². The summed E-state index contributed by atoms with van der Waals surface area (Å²) in [5.41, 5.74) is 0. The Morgan fingerprint density at radius 1 is 1.21 bits per heavy atom. The Morgan fingerprint density at radius 2 is 2.00 bits per heavy atom. The highest BCUT2D eigenvalue weighted by molar-refractivity contribution is 7.89. The molecule has 0 radical (unpaired) electrons. The van der Waals surface area contributed by atoms with Crippen molar-refractivity contribution in [1.82, 2.24) is 20.3 Å². The first-order valence-corrected chi connectivity index (χ1v) is 12.5. The molecule has 1 unspecified atom stereocenters. The van der Waals surface area contributed by atoms with Crippen molar-refractivity contribution in [2.24, 2.45) is 4.99 Å². The number of rotatable bonds is 10. The molecular formula is C19H39N5O3S. The molecule has 0 saturated carbocycles. The molecule has 2 heterocycles. The van der Waals surface area contributed by atoms with Gasteiger partial charge in [0.05, 0.1) is 11.9 Å². The zero-order valence-corrected chi connectivity index (χ0v) is 18.4. The first-order chi connectivity index (χ1) is 13.5. The van der Waals surface area contributed by atoms with E-state index in [-0.39, 0.29) is 11.9 Å². The van der Waals surface area contributed by atoms with E-state index in [9.17, 15) is 8.42 Å². The monoisotopic (exact) mass is 417 g/mol. The minimum absolute atomic E-state index is 0.00843. The number of likely N-dealkylation sites (tertiary alicyclic amines) is 1. The molecule has 164 valence electrons. The van der Waals surface area contributed by atoms with E-state index < -0.39 is 10.0 Å². The van der Waals surface area contributed by atoms with Gasteiger partial charge in [-0.15, -0.1) is 0 Å². The van der Waals surface area contributed by atoms with Crippen LogP contribution in [0, 0.1) is 0 Å². The van der Waals surface area contributed by atoms with Crippen LogP contribution in [0.1, 0.15) is 51.9 Å². The third kappa shape index (κ3) is 9.07. The molecule has 0 bridgehead atoms. The standard InChI is InChI=1S/C19H39N5O3S/c1-3-4-11-24-12-8-17(9-13-24)23-19(20-2)21-10-15-28(25,26)22-16-18-7-5-6-14-27-18/h17-18,22H,3-16H2,1-2H3,(H2,20,21,23). The fraction of sp³-hybridized carbons (Fsp3) is 0.947. The van der Waals surface area contributed by atoms with Crippen LogP contribution in [0.3, 0.4) is 0 Å². The summed E-state index contributed by atoms with van der Waals surface area (Å²) in [6.45, 7) is 7.05. The van der Waals surface area contributed by atoms with Gasteiger partial charge in [-0.3, -0.25) is 4.99 Å². The van der Waals surface area contributed by atoms with Crippen molar-refractivity contribution in [2.75, 3.05) is 52.1 Å². The fourth-order valence-corrected chi connectivity index (χ4v) is 4.59. The molecule has 2 aliphatic heterocycles. The van der Waals surface area contributed by atoms with E-state index in [1.807, 2.05) is 0 Å². The van der Waals surface area contributed by atoms with Crippen LogP contribution in [0.25, 0.3) is 0 Å². The van der Waals surface area contributed by atoms with Crippen molar-refractivity contribution < 1.29 is 13.2 Å². The predicted molar refractivity (Wildman–Crippen MR) is 114 cm³/mol. The molecule has 0 amide bonds. The van der Waals surface area contributed by atoms with Gasteiger partial charge in [0.1, 0.15) is 0 Å². The Kier molecular flexibility index (Phi) is 10.5. The molecule has 28 heavy (non-hydrogen) atoms. The van der Waals surface area contributed by atoms with Gasteiger partial charge < -0.3 is 20.3 Å². The lowest BCUT2D eigenvalue weighted by molar-refractivity contribution is 0.0200. The van der Waals surface area contributed by atoms with E-state index in [0.717, 1.165) is 51.8 Å². The second-order valence-electron chi connectivity index (χ2n) is 7.77. The highest BCUT2D eigenvalue weighted by Crippen LogP contribution is 2.12. The van der Waals surface area contributed by atoms with Crippen LogP contribution in [0.2, 0.25) is 0 Å². The third-order valence-electron chi connectivity index (χ3n) is 5.45. The Bertz CT molecular complexity index is 556. The van der Waals surface area contributed by atoms with Gasteiger partial charge in [-0.05, 0) is 45.1 Å². The maximum absolute atomic E-state index is 12.2. The summed E-state index contributed by atoms with van der Waals surface area (Å²) in [6.07, 6.45) is 7.78. The Labute approximate surface area is 170 Å². The SMILES string of the molecule is CCCCN1CCC(NC(=NC)NCCS(=O)(=O)NCC2CCCCO2)CC1. The number of hydrogen-bond donors (Lipinski definition) is 3. The molecule has 3 N–H and O–H groups in total. The van der Waals surface area contributed by atoms with Crippen LogP contribution >= 0.6 is 0 Å². The number of guanidine groups is 1. The number of nitrogens with zero attached hydrogens (tertiary/aromatic N) is 2. The van der Waals surface area contributed by atoms with Gasteiger partial charge in [0, 0.05) is 45.9 Å². The summed E-state index contributed by atoms with van der Waals surface area (Å²) in [7, 11) is -1.59. The average molecular weight is 418 g/mol. The van der Waals surface area contributed by atoms with E-state index in [4.69, 9.17) is 4.74 Å². The summed E-state index contributed by atoms with van der Waals surface area (Å²) >= 11 is 0. The minimum Gasteiger partial charge on any atom is -0.377 e. The van der Waals surface area contributed by atoms with Crippen molar-refractivity contribution >= 4 is 16.0 Å². The minimum atomic E-state index is -3.32. The molecule has 0 spiro atoms. The highest BCUT2D eigenvalue weighted by atomic mass is 32.2. The van der Waals surface area contributed by atoms with Crippen LogP contribution in [0.15, 0.2) is 4.99 Å². The van der Waals surface area contributed by atoms with E-state index in [1.54, 1.807) is 7.05 Å². The summed E-state index contributed by atoms with van der Waals surface area (Å²) < 4.78 is 32.6. The molecule has 9 heteroatoms. The zero-order chi connectivity index (χ0) is 20.2. The molecule has 1 atom stereocenters. The molecule has 0 aliphatic carbocycles. The summed E-state index contributed by atoms with van der Waals surface area (Å²) in [4.78, 5) is 6.76. The van der Waals surface area contributed by atoms with E-state index in [2.05, 4.69) is 32.2 Å². The second-order valence-corrected chi connectivity index (χ2v) is 9.70. The van der Waals surface area contributed by atoms with Gasteiger partial charge in [0.2, 0.25) is 10.0 Å². The first kappa shape index (κ1) is 23.4. The number of unbranched alkanes of at least 4 members (excludes halogenated alkanes) is 1. The summed E-state index contributed by atoms with van der Waals surface area (Å²) in [5.74, 6) is 0.702. The number of nitrogens with one attached hydrogen (secondary N) is 3. The maximum Gasteiger partial charge on any atom is 0.213 e. The number of ether oxygens (including phenoxy) is 1. The highest BCUT2D eigenvalue weighted by Gasteiger charge is 2.20. The largest absolute Gasteiger partial charge is 0.377 e. The van der Waals surface area contributed by atoms with Gasteiger partial charge in [0.15, 0.2) is 5.96 Å². The Balaban J connectivity index is 1.62. The predicted octanol–water partition coefficient (Wildman–Crippen LogP) is 0.904. The molecule has 8 nitrogen and oxygen atoms in total. The van der Waals surface area contributed by atoms with Gasteiger partial charge in [-0.1, -0.05) is 13.3 Å².